The molecule has 2 N–H and O–H groups in total. The number of nitrogens with zero attached hydrogens (tertiary/aromatic N) is 3. The number of amides is 1. The third-order valence-corrected chi connectivity index (χ3v) is 7.17. The van der Waals surface area contributed by atoms with Gasteiger partial charge in [-0.15, -0.1) is 0 Å². The Morgan fingerprint density at radius 1 is 1.07 bits per heavy atom. The lowest BCUT2D eigenvalue weighted by Crippen LogP contribution is -2.50. The van der Waals surface area contributed by atoms with Gasteiger partial charge in [-0.05, 0) is 54.4 Å². The lowest BCUT2D eigenvalue weighted by atomic mass is 10.0. The SMILES string of the molecule is COCCN[C@@H](Cc1ccccc1)C(=O)N1CCn2c(nc(-c3ccc(F)cc3)c2Nc2ccc(Cl)c(F)c2)C1. The Morgan fingerprint density at radius 3 is 2.58 bits per heavy atom. The highest BCUT2D eigenvalue weighted by Crippen LogP contribution is 2.34. The molecule has 0 aliphatic carbocycles. The largest absolute Gasteiger partial charge is 0.383 e. The number of carbonyl (C=O) groups is 1. The predicted octanol–water partition coefficient (Wildman–Crippen LogP) is 5.41. The van der Waals surface area contributed by atoms with Gasteiger partial charge < -0.3 is 24.8 Å². The Morgan fingerprint density at radius 2 is 1.85 bits per heavy atom. The molecule has 0 fully saturated rings. The smallest absolute Gasteiger partial charge is 0.240 e. The van der Waals surface area contributed by atoms with Crippen molar-refractivity contribution >= 4 is 29.0 Å². The monoisotopic (exact) mass is 565 g/mol. The van der Waals surface area contributed by atoms with Crippen molar-refractivity contribution < 1.29 is 18.3 Å². The number of fused-ring (bicyclic) bond motifs is 1. The fourth-order valence-corrected chi connectivity index (χ4v) is 4.94. The summed E-state index contributed by atoms with van der Waals surface area (Å²) in [5.74, 6) is 0.382. The summed E-state index contributed by atoms with van der Waals surface area (Å²) in [5, 5.41) is 6.64. The summed E-state index contributed by atoms with van der Waals surface area (Å²) in [6, 6.07) is 20.0. The minimum atomic E-state index is -0.546. The van der Waals surface area contributed by atoms with Gasteiger partial charge in [-0.1, -0.05) is 41.9 Å². The molecule has 208 valence electrons. The maximum absolute atomic E-state index is 14.2. The number of hydrogen-bond donors (Lipinski definition) is 2. The van der Waals surface area contributed by atoms with E-state index in [0.717, 1.165) is 5.56 Å². The normalized spacial score (nSPS) is 13.7. The molecule has 1 aliphatic heterocycles. The Balaban J connectivity index is 1.43. The van der Waals surface area contributed by atoms with E-state index in [9.17, 15) is 13.6 Å². The Hall–Kier alpha value is -3.79. The standard InChI is InChI=1S/C30H30ClF2N5O2/c1-40-16-13-34-26(17-20-5-3-2-4-6-20)30(39)37-14-15-38-27(19-37)36-28(21-7-9-22(32)10-8-21)29(38)35-23-11-12-24(31)25(33)18-23/h2-12,18,26,34-35H,13-17,19H2,1H3/t26-/m0/s1. The van der Waals surface area contributed by atoms with Crippen molar-refractivity contribution in [2.45, 2.75) is 25.6 Å². The van der Waals surface area contributed by atoms with E-state index < -0.39 is 11.9 Å². The zero-order chi connectivity index (χ0) is 28.1. The number of methoxy groups -OCH3 is 1. The van der Waals surface area contributed by atoms with Crippen LogP contribution in [-0.2, 0) is 29.0 Å². The summed E-state index contributed by atoms with van der Waals surface area (Å²) in [7, 11) is 1.63. The topological polar surface area (TPSA) is 71.4 Å². The van der Waals surface area contributed by atoms with Gasteiger partial charge in [-0.25, -0.2) is 13.8 Å². The van der Waals surface area contributed by atoms with Gasteiger partial charge in [0.2, 0.25) is 5.91 Å². The first-order valence-corrected chi connectivity index (χ1v) is 13.4. The molecule has 7 nitrogen and oxygen atoms in total. The van der Waals surface area contributed by atoms with Crippen LogP contribution < -0.4 is 10.6 Å². The average molecular weight is 566 g/mol. The molecule has 40 heavy (non-hydrogen) atoms. The molecule has 1 aliphatic rings. The molecule has 0 radical (unpaired) electrons. The van der Waals surface area contributed by atoms with Crippen LogP contribution in [0, 0.1) is 11.6 Å². The molecule has 0 bridgehead atoms. The summed E-state index contributed by atoms with van der Waals surface area (Å²) < 4.78 is 35.1. The molecule has 1 aromatic heterocycles. The fourth-order valence-electron chi connectivity index (χ4n) is 4.82. The van der Waals surface area contributed by atoms with Gasteiger partial charge in [-0.3, -0.25) is 4.79 Å². The van der Waals surface area contributed by atoms with Crippen LogP contribution in [0.15, 0.2) is 72.8 Å². The van der Waals surface area contributed by atoms with Crippen molar-refractivity contribution in [1.29, 1.82) is 0 Å². The molecule has 1 atom stereocenters. The molecule has 0 saturated carbocycles. The summed E-state index contributed by atoms with van der Waals surface area (Å²) in [5.41, 5.74) is 2.83. The van der Waals surface area contributed by atoms with E-state index in [2.05, 4.69) is 10.6 Å². The van der Waals surface area contributed by atoms with E-state index >= 15 is 0 Å². The number of aromatic nitrogens is 2. The number of rotatable bonds is 10. The van der Waals surface area contributed by atoms with Crippen molar-refractivity contribution in [2.24, 2.45) is 0 Å². The van der Waals surface area contributed by atoms with Crippen LogP contribution in [0.3, 0.4) is 0 Å². The number of hydrogen-bond acceptors (Lipinski definition) is 5. The second-order valence-corrected chi connectivity index (χ2v) is 9.99. The first-order valence-electron chi connectivity index (χ1n) is 13.1. The predicted molar refractivity (Wildman–Crippen MR) is 152 cm³/mol. The van der Waals surface area contributed by atoms with Crippen molar-refractivity contribution in [3.05, 3.63) is 101 Å². The van der Waals surface area contributed by atoms with Crippen molar-refractivity contribution in [2.75, 3.05) is 32.1 Å². The van der Waals surface area contributed by atoms with E-state index in [4.69, 9.17) is 21.3 Å². The van der Waals surface area contributed by atoms with Gasteiger partial charge in [0.15, 0.2) is 0 Å². The van der Waals surface area contributed by atoms with Crippen molar-refractivity contribution in [1.82, 2.24) is 19.8 Å². The molecule has 10 heteroatoms. The molecule has 0 saturated heterocycles. The van der Waals surface area contributed by atoms with Gasteiger partial charge in [0.1, 0.15) is 29.0 Å². The number of nitrogens with one attached hydrogen (secondary N) is 2. The van der Waals surface area contributed by atoms with Crippen LogP contribution in [-0.4, -0.2) is 53.2 Å². The molecule has 4 aromatic rings. The summed E-state index contributed by atoms with van der Waals surface area (Å²) in [4.78, 5) is 20.4. The molecule has 2 heterocycles. The Kier molecular flexibility index (Phi) is 8.74. The maximum Gasteiger partial charge on any atom is 0.240 e. The number of halogens is 3. The number of anilines is 2. The minimum Gasteiger partial charge on any atom is -0.383 e. The quantitative estimate of drug-likeness (QED) is 0.251. The van der Waals surface area contributed by atoms with Gasteiger partial charge in [0.05, 0.1) is 24.2 Å². The van der Waals surface area contributed by atoms with Crippen LogP contribution in [0.1, 0.15) is 11.4 Å². The lowest BCUT2D eigenvalue weighted by Gasteiger charge is -2.32. The molecule has 0 unspecified atom stereocenters. The molecule has 0 spiro atoms. The average Bonchev–Trinajstić information content (AvgIpc) is 3.32. The highest BCUT2D eigenvalue weighted by molar-refractivity contribution is 6.30. The number of benzene rings is 3. The van der Waals surface area contributed by atoms with Crippen LogP contribution in [0.4, 0.5) is 20.3 Å². The van der Waals surface area contributed by atoms with Gasteiger partial charge >= 0.3 is 0 Å². The first-order chi connectivity index (χ1) is 19.4. The Labute approximate surface area is 236 Å². The maximum atomic E-state index is 14.2. The second kappa shape index (κ2) is 12.6. The summed E-state index contributed by atoms with van der Waals surface area (Å²) in [6.45, 7) is 2.27. The highest BCUT2D eigenvalue weighted by Gasteiger charge is 2.30. The molecular weight excluding hydrogens is 536 g/mol. The first kappa shape index (κ1) is 27.8. The van der Waals surface area contributed by atoms with E-state index in [-0.39, 0.29) is 16.7 Å². The van der Waals surface area contributed by atoms with E-state index in [1.807, 2.05) is 34.9 Å². The summed E-state index contributed by atoms with van der Waals surface area (Å²) in [6.07, 6.45) is 0.546. The Bertz CT molecular complexity index is 1460. The van der Waals surface area contributed by atoms with Crippen LogP contribution in [0.25, 0.3) is 11.3 Å². The van der Waals surface area contributed by atoms with Gasteiger partial charge in [-0.2, -0.15) is 0 Å². The number of carbonyl (C=O) groups excluding carboxylic acids is 1. The summed E-state index contributed by atoms with van der Waals surface area (Å²) >= 11 is 5.88. The molecule has 1 amide bonds. The minimum absolute atomic E-state index is 0.0215. The van der Waals surface area contributed by atoms with Crippen LogP contribution >= 0.6 is 11.6 Å². The molecule has 3 aromatic carbocycles. The van der Waals surface area contributed by atoms with Gasteiger partial charge in [0, 0.05) is 38.0 Å². The van der Waals surface area contributed by atoms with E-state index in [1.54, 1.807) is 30.2 Å². The zero-order valence-corrected chi connectivity index (χ0v) is 22.8. The third kappa shape index (κ3) is 6.33. The van der Waals surface area contributed by atoms with E-state index in [0.29, 0.717) is 67.8 Å². The lowest BCUT2D eigenvalue weighted by molar-refractivity contribution is -0.135. The van der Waals surface area contributed by atoms with Crippen molar-refractivity contribution in [3.63, 3.8) is 0 Å². The highest BCUT2D eigenvalue weighted by atomic mass is 35.5. The molecular formula is C30H30ClF2N5O2. The van der Waals surface area contributed by atoms with Crippen LogP contribution in [0.5, 0.6) is 0 Å². The second-order valence-electron chi connectivity index (χ2n) is 9.59. The number of ether oxygens (including phenoxy) is 1. The third-order valence-electron chi connectivity index (χ3n) is 6.86. The zero-order valence-electron chi connectivity index (χ0n) is 22.0. The van der Waals surface area contributed by atoms with Crippen LogP contribution in [0.2, 0.25) is 5.02 Å². The fraction of sp³-hybridized carbons (Fsp3) is 0.267. The van der Waals surface area contributed by atoms with E-state index in [1.165, 1.54) is 24.3 Å². The number of imidazole rings is 1. The van der Waals surface area contributed by atoms with Gasteiger partial charge in [0.25, 0.3) is 0 Å². The molecule has 5 rings (SSSR count). The van der Waals surface area contributed by atoms with Crippen molar-refractivity contribution in [3.8, 4) is 11.3 Å².